The van der Waals surface area contributed by atoms with Gasteiger partial charge in [-0.3, -0.25) is 9.78 Å². The van der Waals surface area contributed by atoms with Crippen LogP contribution in [0, 0.1) is 0 Å². The highest BCUT2D eigenvalue weighted by Crippen LogP contribution is 2.28. The fourth-order valence-electron chi connectivity index (χ4n) is 4.43. The van der Waals surface area contributed by atoms with E-state index in [1.165, 1.54) is 19.3 Å². The number of nitrogens with zero attached hydrogens (tertiary/aromatic N) is 6. The van der Waals surface area contributed by atoms with Crippen LogP contribution in [0.2, 0.25) is 0 Å². The van der Waals surface area contributed by atoms with Gasteiger partial charge in [0, 0.05) is 54.7 Å². The van der Waals surface area contributed by atoms with Gasteiger partial charge in [0.25, 0.3) is 0 Å². The number of nitrogens with one attached hydrogen (secondary N) is 2. The van der Waals surface area contributed by atoms with Gasteiger partial charge in [-0.2, -0.15) is 0 Å². The van der Waals surface area contributed by atoms with Crippen LogP contribution in [0.5, 0.6) is 0 Å². The molecule has 0 saturated carbocycles. The number of fused-ring (bicyclic) bond motifs is 1. The normalized spacial score (nSPS) is 13.8. The molecule has 0 atom stereocenters. The highest BCUT2D eigenvalue weighted by atomic mass is 16.1. The first-order valence-corrected chi connectivity index (χ1v) is 12.9. The molecular weight excluding hydrogens is 476 g/mol. The van der Waals surface area contributed by atoms with Crippen LogP contribution in [-0.2, 0) is 4.79 Å². The van der Waals surface area contributed by atoms with Gasteiger partial charge in [0.15, 0.2) is 0 Å². The summed E-state index contributed by atoms with van der Waals surface area (Å²) in [4.78, 5) is 35.2. The fourth-order valence-corrected chi connectivity index (χ4v) is 4.43. The topological polar surface area (TPSA) is 99.2 Å². The van der Waals surface area contributed by atoms with Gasteiger partial charge in [0.2, 0.25) is 11.9 Å². The maximum absolute atomic E-state index is 12.3. The van der Waals surface area contributed by atoms with Gasteiger partial charge in [-0.1, -0.05) is 18.2 Å². The van der Waals surface area contributed by atoms with Crippen molar-refractivity contribution in [2.75, 3.05) is 49.3 Å². The van der Waals surface area contributed by atoms with E-state index < -0.39 is 0 Å². The summed E-state index contributed by atoms with van der Waals surface area (Å²) < 4.78 is 0. The number of piperidine rings is 1. The number of aromatic nitrogens is 4. The van der Waals surface area contributed by atoms with Gasteiger partial charge >= 0.3 is 0 Å². The van der Waals surface area contributed by atoms with Crippen LogP contribution >= 0.6 is 0 Å². The Morgan fingerprint density at radius 3 is 2.66 bits per heavy atom. The highest BCUT2D eigenvalue weighted by Gasteiger charge is 2.13. The van der Waals surface area contributed by atoms with Crippen molar-refractivity contribution < 1.29 is 4.79 Å². The zero-order chi connectivity index (χ0) is 26.3. The molecule has 9 heteroatoms. The van der Waals surface area contributed by atoms with Gasteiger partial charge in [-0.05, 0) is 63.7 Å². The van der Waals surface area contributed by atoms with Crippen molar-refractivity contribution in [1.29, 1.82) is 0 Å². The molecule has 1 aliphatic rings. The Kier molecular flexibility index (Phi) is 7.84. The lowest BCUT2D eigenvalue weighted by Gasteiger charge is -2.27. The molecule has 0 bridgehead atoms. The number of hydrogen-bond donors (Lipinski definition) is 2. The molecule has 194 valence electrons. The molecule has 4 heterocycles. The maximum atomic E-state index is 12.3. The molecule has 1 aliphatic heterocycles. The van der Waals surface area contributed by atoms with Crippen molar-refractivity contribution >= 4 is 40.0 Å². The molecule has 0 radical (unpaired) electrons. The van der Waals surface area contributed by atoms with E-state index in [2.05, 4.69) is 30.5 Å². The number of benzene rings is 1. The smallest absolute Gasteiger partial charge is 0.248 e. The summed E-state index contributed by atoms with van der Waals surface area (Å²) >= 11 is 0. The van der Waals surface area contributed by atoms with E-state index in [1.54, 1.807) is 18.5 Å². The Morgan fingerprint density at radius 2 is 1.87 bits per heavy atom. The molecule has 1 aromatic carbocycles. The van der Waals surface area contributed by atoms with Crippen LogP contribution in [-0.4, -0.2) is 64.5 Å². The third kappa shape index (κ3) is 6.30. The summed E-state index contributed by atoms with van der Waals surface area (Å²) in [6, 6.07) is 13.5. The molecule has 9 nitrogen and oxygen atoms in total. The van der Waals surface area contributed by atoms with Crippen molar-refractivity contribution in [3.8, 4) is 11.3 Å². The van der Waals surface area contributed by atoms with E-state index in [9.17, 15) is 4.79 Å². The van der Waals surface area contributed by atoms with Crippen LogP contribution in [0.1, 0.15) is 19.3 Å². The first-order chi connectivity index (χ1) is 18.5. The average Bonchev–Trinajstić information content (AvgIpc) is 2.93. The molecule has 0 spiro atoms. The Hall–Kier alpha value is -4.37. The third-order valence-corrected chi connectivity index (χ3v) is 6.33. The monoisotopic (exact) mass is 508 g/mol. The third-order valence-electron chi connectivity index (χ3n) is 6.33. The van der Waals surface area contributed by atoms with Gasteiger partial charge in [-0.25, -0.2) is 15.0 Å². The molecule has 0 unspecified atom stereocenters. The number of hydrogen-bond acceptors (Lipinski definition) is 8. The van der Waals surface area contributed by atoms with Crippen molar-refractivity contribution in [2.45, 2.75) is 19.3 Å². The Morgan fingerprint density at radius 1 is 1.00 bits per heavy atom. The molecule has 0 aliphatic carbocycles. The highest BCUT2D eigenvalue weighted by molar-refractivity contribution is 6.00. The summed E-state index contributed by atoms with van der Waals surface area (Å²) in [5.74, 6) is 1.29. The van der Waals surface area contributed by atoms with Gasteiger partial charge in [0.1, 0.15) is 11.3 Å². The summed E-state index contributed by atoms with van der Waals surface area (Å²) in [5, 5.41) is 7.06. The van der Waals surface area contributed by atoms with E-state index in [4.69, 9.17) is 4.98 Å². The molecule has 2 N–H and O–H groups in total. The SMILES string of the molecule is CN(C)C/C=C/C(=O)Nc1cccc(-c2nccc3cnc(Nc4ccc(N5CCCCC5)nc4)nc23)c1. The molecule has 4 aromatic rings. The minimum absolute atomic E-state index is 0.177. The zero-order valence-electron chi connectivity index (χ0n) is 21.8. The maximum Gasteiger partial charge on any atom is 0.248 e. The van der Waals surface area contributed by atoms with Crippen LogP contribution in [0.15, 0.2) is 73.2 Å². The minimum atomic E-state index is -0.177. The van der Waals surface area contributed by atoms with Crippen LogP contribution in [0.4, 0.5) is 23.1 Å². The molecule has 3 aromatic heterocycles. The van der Waals surface area contributed by atoms with Crippen molar-refractivity contribution in [3.63, 3.8) is 0 Å². The number of anilines is 4. The summed E-state index contributed by atoms with van der Waals surface area (Å²) in [5.41, 5.74) is 3.79. The molecule has 1 amide bonds. The first-order valence-electron chi connectivity index (χ1n) is 12.9. The van der Waals surface area contributed by atoms with Crippen molar-refractivity contribution in [2.24, 2.45) is 0 Å². The Balaban J connectivity index is 1.35. The van der Waals surface area contributed by atoms with Crippen molar-refractivity contribution in [3.05, 3.63) is 73.2 Å². The number of rotatable bonds is 8. The second-order valence-corrected chi connectivity index (χ2v) is 9.60. The largest absolute Gasteiger partial charge is 0.357 e. The number of likely N-dealkylation sites (N-methyl/N-ethyl adjacent to an activating group) is 1. The molecule has 38 heavy (non-hydrogen) atoms. The van der Waals surface area contributed by atoms with Gasteiger partial charge < -0.3 is 20.4 Å². The minimum Gasteiger partial charge on any atom is -0.357 e. The first kappa shape index (κ1) is 25.3. The fraction of sp³-hybridized carbons (Fsp3) is 0.276. The van der Waals surface area contributed by atoms with E-state index in [0.717, 1.165) is 41.1 Å². The van der Waals surface area contributed by atoms with E-state index in [0.29, 0.717) is 23.9 Å². The molecule has 5 rings (SSSR count). The summed E-state index contributed by atoms with van der Waals surface area (Å²) in [7, 11) is 3.91. The summed E-state index contributed by atoms with van der Waals surface area (Å²) in [6.45, 7) is 2.81. The molecule has 1 saturated heterocycles. The van der Waals surface area contributed by atoms with E-state index in [1.807, 2.05) is 73.7 Å². The molecular formula is C29H32N8O. The lowest BCUT2D eigenvalue weighted by molar-refractivity contribution is -0.111. The number of pyridine rings is 2. The van der Waals surface area contributed by atoms with Crippen LogP contribution in [0.25, 0.3) is 22.2 Å². The van der Waals surface area contributed by atoms with E-state index in [-0.39, 0.29) is 5.91 Å². The van der Waals surface area contributed by atoms with Crippen LogP contribution in [0.3, 0.4) is 0 Å². The second kappa shape index (κ2) is 11.8. The predicted octanol–water partition coefficient (Wildman–Crippen LogP) is 4.88. The number of carbonyl (C=O) groups excluding carboxylic acids is 1. The standard InChI is InChI=1S/C29H32N8O/c1-36(2)15-7-10-26(38)33-23-9-6-8-21(18-23)27-28-22(13-14-30-27)19-32-29(35-28)34-24-11-12-25(31-20-24)37-16-4-3-5-17-37/h6-14,18-20H,3-5,15-17H2,1-2H3,(H,33,38)(H,32,34,35)/b10-7+. The van der Waals surface area contributed by atoms with Crippen LogP contribution < -0.4 is 15.5 Å². The molecule has 1 fully saturated rings. The number of carbonyl (C=O) groups is 1. The van der Waals surface area contributed by atoms with Gasteiger partial charge in [0.05, 0.1) is 17.6 Å². The summed E-state index contributed by atoms with van der Waals surface area (Å²) in [6.07, 6.45) is 12.4. The quantitative estimate of drug-likeness (QED) is 0.325. The zero-order valence-corrected chi connectivity index (χ0v) is 21.8. The predicted molar refractivity (Wildman–Crippen MR) is 153 cm³/mol. The Bertz CT molecular complexity index is 1430. The lowest BCUT2D eigenvalue weighted by atomic mass is 10.1. The van der Waals surface area contributed by atoms with Crippen molar-refractivity contribution in [1.82, 2.24) is 24.8 Å². The second-order valence-electron chi connectivity index (χ2n) is 9.60. The number of amides is 1. The van der Waals surface area contributed by atoms with Gasteiger partial charge in [-0.15, -0.1) is 0 Å². The average molecular weight is 509 g/mol. The lowest BCUT2D eigenvalue weighted by Crippen LogP contribution is -2.29. The Labute approximate surface area is 222 Å². The van der Waals surface area contributed by atoms with E-state index >= 15 is 0 Å².